The van der Waals surface area contributed by atoms with E-state index < -0.39 is 0 Å². The highest BCUT2D eigenvalue weighted by molar-refractivity contribution is 9.11. The number of fused-ring (bicyclic) bond motifs is 2. The molecule has 0 atom stereocenters. The summed E-state index contributed by atoms with van der Waals surface area (Å²) >= 11 is 5.23. The first kappa shape index (κ1) is 18.0. The molecule has 0 bridgehead atoms. The van der Waals surface area contributed by atoms with Gasteiger partial charge in [-0.15, -0.1) is 11.3 Å². The highest BCUT2D eigenvalue weighted by Gasteiger charge is 2.25. The summed E-state index contributed by atoms with van der Waals surface area (Å²) < 4.78 is 15.2. The van der Waals surface area contributed by atoms with E-state index in [2.05, 4.69) is 38.5 Å². The van der Waals surface area contributed by atoms with E-state index in [1.165, 1.54) is 0 Å². The van der Waals surface area contributed by atoms with E-state index >= 15 is 0 Å². The van der Waals surface area contributed by atoms with Crippen LogP contribution in [0.2, 0.25) is 0 Å². The van der Waals surface area contributed by atoms with Crippen molar-refractivity contribution in [1.82, 2.24) is 14.4 Å². The van der Waals surface area contributed by atoms with Gasteiger partial charge in [0.25, 0.3) is 5.91 Å². The first-order chi connectivity index (χ1) is 13.6. The van der Waals surface area contributed by atoms with Crippen molar-refractivity contribution in [2.45, 2.75) is 6.54 Å². The minimum atomic E-state index is 0.105. The lowest BCUT2D eigenvalue weighted by molar-refractivity contribution is 0.0654. The van der Waals surface area contributed by atoms with E-state index in [9.17, 15) is 4.79 Å². The van der Waals surface area contributed by atoms with Gasteiger partial charge in [-0.25, -0.2) is 0 Å². The Balaban J connectivity index is 1.51. The molecule has 5 rings (SSSR count). The molecule has 3 aromatic rings. The van der Waals surface area contributed by atoms with Gasteiger partial charge < -0.3 is 23.8 Å². The number of carbonyl (C=O) groups excluding carboxylic acids is 1. The number of piperazine rings is 1. The third-order valence-corrected chi connectivity index (χ3v) is 6.92. The van der Waals surface area contributed by atoms with Gasteiger partial charge in [-0.05, 0) is 52.8 Å². The zero-order valence-electron chi connectivity index (χ0n) is 15.5. The fraction of sp³-hybridized carbons (Fsp3) is 0.350. The topological polar surface area (TPSA) is 46.9 Å². The molecule has 2 aliphatic rings. The second-order valence-electron chi connectivity index (χ2n) is 7.20. The van der Waals surface area contributed by atoms with Crippen LogP contribution >= 0.6 is 27.3 Å². The second kappa shape index (κ2) is 7.09. The molecule has 8 heteroatoms. The molecule has 1 aromatic carbocycles. The van der Waals surface area contributed by atoms with Crippen LogP contribution in [0.4, 0.5) is 0 Å². The molecule has 0 saturated carbocycles. The minimum absolute atomic E-state index is 0.105. The lowest BCUT2D eigenvalue weighted by Crippen LogP contribution is -2.47. The van der Waals surface area contributed by atoms with Crippen LogP contribution in [-0.2, 0) is 6.54 Å². The van der Waals surface area contributed by atoms with E-state index in [4.69, 9.17) is 9.47 Å². The smallest absolute Gasteiger partial charge is 0.270 e. The minimum Gasteiger partial charge on any atom is -0.454 e. The summed E-state index contributed by atoms with van der Waals surface area (Å²) in [5.74, 6) is 1.64. The highest BCUT2D eigenvalue weighted by atomic mass is 79.9. The third-order valence-electron chi connectivity index (χ3n) is 5.35. The van der Waals surface area contributed by atoms with Crippen LogP contribution < -0.4 is 9.47 Å². The highest BCUT2D eigenvalue weighted by Crippen LogP contribution is 2.36. The number of thiophene rings is 1. The van der Waals surface area contributed by atoms with Gasteiger partial charge in [0.15, 0.2) is 11.5 Å². The molecule has 0 radical (unpaired) electrons. The standard InChI is InChI=1S/C20H20BrN3O3S/c1-22-4-6-23(7-5-22)20(25)15-9-18-14(10-19(21)28-18)24(15)11-13-2-3-16-17(8-13)27-12-26-16/h2-3,8-10H,4-7,11-12H2,1H3. The Morgan fingerprint density at radius 1 is 1.11 bits per heavy atom. The maximum atomic E-state index is 13.3. The Hall–Kier alpha value is -2.03. The predicted octanol–water partition coefficient (Wildman–Crippen LogP) is 3.63. The number of rotatable bonds is 3. The molecular formula is C20H20BrN3O3S. The molecule has 1 fully saturated rings. The Kier molecular flexibility index (Phi) is 4.57. The lowest BCUT2D eigenvalue weighted by atomic mass is 10.2. The number of halogens is 1. The van der Waals surface area contributed by atoms with Gasteiger partial charge >= 0.3 is 0 Å². The van der Waals surface area contributed by atoms with Crippen LogP contribution in [0, 0.1) is 0 Å². The van der Waals surface area contributed by atoms with Crippen LogP contribution in [0.3, 0.4) is 0 Å². The van der Waals surface area contributed by atoms with Crippen molar-refractivity contribution in [3.63, 3.8) is 0 Å². The monoisotopic (exact) mass is 461 g/mol. The van der Waals surface area contributed by atoms with Crippen molar-refractivity contribution in [1.29, 1.82) is 0 Å². The second-order valence-corrected chi connectivity index (χ2v) is 9.66. The summed E-state index contributed by atoms with van der Waals surface area (Å²) in [6, 6.07) is 10.1. The number of ether oxygens (including phenoxy) is 2. The van der Waals surface area contributed by atoms with Gasteiger partial charge in [-0.2, -0.15) is 0 Å². The van der Waals surface area contributed by atoms with Gasteiger partial charge in [-0.1, -0.05) is 6.07 Å². The largest absolute Gasteiger partial charge is 0.454 e. The van der Waals surface area contributed by atoms with Crippen molar-refractivity contribution in [3.05, 3.63) is 45.4 Å². The number of benzene rings is 1. The molecule has 2 aliphatic heterocycles. The predicted molar refractivity (Wildman–Crippen MR) is 113 cm³/mol. The Morgan fingerprint density at radius 2 is 1.89 bits per heavy atom. The average Bonchev–Trinajstić information content (AvgIpc) is 3.37. The first-order valence-electron chi connectivity index (χ1n) is 9.23. The molecule has 0 aliphatic carbocycles. The maximum Gasteiger partial charge on any atom is 0.270 e. The van der Waals surface area contributed by atoms with Crippen molar-refractivity contribution in [2.75, 3.05) is 40.0 Å². The number of likely N-dealkylation sites (N-methyl/N-ethyl adjacent to an activating group) is 1. The Morgan fingerprint density at radius 3 is 2.71 bits per heavy atom. The Labute approximate surface area is 175 Å². The van der Waals surface area contributed by atoms with Crippen molar-refractivity contribution in [2.24, 2.45) is 0 Å². The molecular weight excluding hydrogens is 442 g/mol. The number of amides is 1. The number of aromatic nitrogens is 1. The Bertz CT molecular complexity index is 1050. The zero-order chi connectivity index (χ0) is 19.3. The fourth-order valence-electron chi connectivity index (χ4n) is 3.75. The number of hydrogen-bond acceptors (Lipinski definition) is 5. The summed E-state index contributed by atoms with van der Waals surface area (Å²) in [5, 5.41) is 0. The summed E-state index contributed by atoms with van der Waals surface area (Å²) in [5.41, 5.74) is 2.90. The van der Waals surface area contributed by atoms with E-state index in [-0.39, 0.29) is 12.7 Å². The van der Waals surface area contributed by atoms with Gasteiger partial charge in [0.2, 0.25) is 6.79 Å². The van der Waals surface area contributed by atoms with Crippen LogP contribution in [0.15, 0.2) is 34.1 Å². The number of carbonyl (C=O) groups is 1. The fourth-order valence-corrected chi connectivity index (χ4v) is 5.32. The maximum absolute atomic E-state index is 13.3. The molecule has 0 spiro atoms. The van der Waals surface area contributed by atoms with Crippen molar-refractivity contribution in [3.8, 4) is 11.5 Å². The lowest BCUT2D eigenvalue weighted by Gasteiger charge is -2.32. The molecule has 0 N–H and O–H groups in total. The average molecular weight is 462 g/mol. The van der Waals surface area contributed by atoms with Gasteiger partial charge in [0, 0.05) is 32.7 Å². The third kappa shape index (κ3) is 3.19. The number of nitrogens with zero attached hydrogens (tertiary/aromatic N) is 3. The van der Waals surface area contributed by atoms with Gasteiger partial charge in [-0.3, -0.25) is 4.79 Å². The molecule has 1 amide bonds. The van der Waals surface area contributed by atoms with Gasteiger partial charge in [0.05, 0.1) is 14.0 Å². The summed E-state index contributed by atoms with van der Waals surface area (Å²) in [4.78, 5) is 17.5. The van der Waals surface area contributed by atoms with E-state index in [0.29, 0.717) is 6.54 Å². The summed E-state index contributed by atoms with van der Waals surface area (Å²) in [6.45, 7) is 4.22. The van der Waals surface area contributed by atoms with E-state index in [0.717, 1.165) is 62.9 Å². The van der Waals surface area contributed by atoms with Crippen LogP contribution in [0.25, 0.3) is 10.2 Å². The quantitative estimate of drug-likeness (QED) is 0.597. The molecule has 2 aromatic heterocycles. The zero-order valence-corrected chi connectivity index (χ0v) is 17.9. The molecule has 4 heterocycles. The van der Waals surface area contributed by atoms with Crippen LogP contribution in [0.1, 0.15) is 16.1 Å². The molecule has 146 valence electrons. The van der Waals surface area contributed by atoms with Crippen LogP contribution in [-0.4, -0.2) is 60.3 Å². The molecule has 6 nitrogen and oxygen atoms in total. The van der Waals surface area contributed by atoms with Crippen molar-refractivity contribution < 1.29 is 14.3 Å². The van der Waals surface area contributed by atoms with Crippen molar-refractivity contribution >= 4 is 43.4 Å². The van der Waals surface area contributed by atoms with Gasteiger partial charge in [0.1, 0.15) is 5.69 Å². The van der Waals surface area contributed by atoms with E-state index in [1.807, 2.05) is 29.2 Å². The number of hydrogen-bond donors (Lipinski definition) is 0. The van der Waals surface area contributed by atoms with E-state index in [1.54, 1.807) is 11.3 Å². The SMILES string of the molecule is CN1CCN(C(=O)c2cc3sc(Br)cc3n2Cc2ccc3c(c2)OCO3)CC1. The molecule has 28 heavy (non-hydrogen) atoms. The molecule has 0 unspecified atom stereocenters. The first-order valence-corrected chi connectivity index (χ1v) is 10.8. The van der Waals surface area contributed by atoms with Crippen LogP contribution in [0.5, 0.6) is 11.5 Å². The molecule has 1 saturated heterocycles. The summed E-state index contributed by atoms with van der Waals surface area (Å²) in [6.07, 6.45) is 0. The summed E-state index contributed by atoms with van der Waals surface area (Å²) in [7, 11) is 2.09. The normalized spacial score (nSPS) is 16.9.